The fourth-order valence-electron chi connectivity index (χ4n) is 8.10. The molecule has 0 amide bonds. The van der Waals surface area contributed by atoms with E-state index in [-0.39, 0.29) is 0 Å². The molecule has 0 aliphatic rings. The molecule has 0 aliphatic heterocycles. The molecule has 2 nitrogen and oxygen atoms in total. The highest BCUT2D eigenvalue weighted by Gasteiger charge is 2.17. The third kappa shape index (κ3) is 6.14. The van der Waals surface area contributed by atoms with Crippen LogP contribution in [0.3, 0.4) is 0 Å². The molecule has 0 N–H and O–H groups in total. The molecule has 2 heteroatoms. The van der Waals surface area contributed by atoms with Gasteiger partial charge in [-0.05, 0) is 99.6 Å². The van der Waals surface area contributed by atoms with E-state index in [9.17, 15) is 0 Å². The molecule has 0 radical (unpaired) electrons. The average Bonchev–Trinajstić information content (AvgIpc) is 3.62. The van der Waals surface area contributed by atoms with Crippen LogP contribution in [0.5, 0.6) is 0 Å². The second-order valence-electron chi connectivity index (χ2n) is 14.2. The van der Waals surface area contributed by atoms with Crippen molar-refractivity contribution in [2.75, 3.05) is 4.90 Å². The Kier molecular flexibility index (Phi) is 8.55. The third-order valence-corrected chi connectivity index (χ3v) is 10.8. The Hall–Kier alpha value is -7.42. The molecule has 10 aromatic rings. The second kappa shape index (κ2) is 14.4. The highest BCUT2D eigenvalue weighted by molar-refractivity contribution is 6.09. The molecule has 0 fully saturated rings. The summed E-state index contributed by atoms with van der Waals surface area (Å²) >= 11 is 0. The minimum absolute atomic E-state index is 1.09. The van der Waals surface area contributed by atoms with Crippen LogP contribution in [0.4, 0.5) is 17.1 Å². The number of rotatable bonds is 8. The van der Waals surface area contributed by atoms with Crippen molar-refractivity contribution in [3.05, 3.63) is 231 Å². The van der Waals surface area contributed by atoms with Gasteiger partial charge in [-0.1, -0.05) is 170 Å². The summed E-state index contributed by atoms with van der Waals surface area (Å²) in [6.45, 7) is 0. The van der Waals surface area contributed by atoms with Crippen LogP contribution in [0.1, 0.15) is 0 Å². The van der Waals surface area contributed by atoms with Crippen molar-refractivity contribution in [2.45, 2.75) is 0 Å². The van der Waals surface area contributed by atoms with Crippen molar-refractivity contribution in [1.29, 1.82) is 0 Å². The summed E-state index contributed by atoms with van der Waals surface area (Å²) in [6.07, 6.45) is 0. The summed E-state index contributed by atoms with van der Waals surface area (Å²) in [5, 5.41) is 2.52. The Morgan fingerprint density at radius 2 is 0.696 bits per heavy atom. The predicted octanol–water partition coefficient (Wildman–Crippen LogP) is 14.9. The zero-order valence-electron chi connectivity index (χ0n) is 30.8. The number of aromatic nitrogens is 1. The molecule has 56 heavy (non-hydrogen) atoms. The van der Waals surface area contributed by atoms with E-state index >= 15 is 0 Å². The van der Waals surface area contributed by atoms with Crippen LogP contribution in [0.2, 0.25) is 0 Å². The molecular formula is C54H38N2. The summed E-state index contributed by atoms with van der Waals surface area (Å²) in [6, 6.07) is 83.0. The van der Waals surface area contributed by atoms with Crippen LogP contribution >= 0.6 is 0 Å². The van der Waals surface area contributed by atoms with Gasteiger partial charge < -0.3 is 9.47 Å². The maximum atomic E-state index is 2.41. The Bertz CT molecular complexity index is 2890. The van der Waals surface area contributed by atoms with E-state index in [0.29, 0.717) is 0 Å². The lowest BCUT2D eigenvalue weighted by molar-refractivity contribution is 1.18. The van der Waals surface area contributed by atoms with Gasteiger partial charge in [-0.15, -0.1) is 0 Å². The zero-order chi connectivity index (χ0) is 37.3. The topological polar surface area (TPSA) is 8.17 Å². The Morgan fingerprint density at radius 1 is 0.268 bits per heavy atom. The van der Waals surface area contributed by atoms with Gasteiger partial charge >= 0.3 is 0 Å². The molecule has 0 bridgehead atoms. The van der Waals surface area contributed by atoms with Gasteiger partial charge in [0.2, 0.25) is 0 Å². The van der Waals surface area contributed by atoms with Crippen LogP contribution in [0.25, 0.3) is 72.0 Å². The molecule has 1 aromatic heterocycles. The lowest BCUT2D eigenvalue weighted by atomic mass is 9.98. The van der Waals surface area contributed by atoms with Crippen molar-refractivity contribution >= 4 is 38.9 Å². The van der Waals surface area contributed by atoms with Crippen LogP contribution in [-0.4, -0.2) is 4.57 Å². The Morgan fingerprint density at radius 3 is 1.29 bits per heavy atom. The average molecular weight is 715 g/mol. The van der Waals surface area contributed by atoms with Crippen LogP contribution in [0, 0.1) is 0 Å². The first kappa shape index (κ1) is 33.2. The largest absolute Gasteiger partial charge is 0.310 e. The SMILES string of the molecule is c1ccc(-c2cccc(-c3ccc(N(c4ccc(-c5ccccc5-n5c6ccccc6c6ccccc65)cc4)c4cccc(-c5ccccc5)c4)cc3)c2)cc1. The van der Waals surface area contributed by atoms with E-state index in [1.165, 1.54) is 60.8 Å². The van der Waals surface area contributed by atoms with Crippen molar-refractivity contribution in [3.63, 3.8) is 0 Å². The number of hydrogen-bond donors (Lipinski definition) is 0. The van der Waals surface area contributed by atoms with Crippen molar-refractivity contribution < 1.29 is 0 Å². The first-order valence-electron chi connectivity index (χ1n) is 19.2. The Labute approximate surface area is 327 Å². The van der Waals surface area contributed by atoms with E-state index in [2.05, 4.69) is 240 Å². The maximum absolute atomic E-state index is 2.41. The fraction of sp³-hybridized carbons (Fsp3) is 0. The molecule has 9 aromatic carbocycles. The van der Waals surface area contributed by atoms with E-state index in [1.54, 1.807) is 0 Å². The number of hydrogen-bond acceptors (Lipinski definition) is 1. The maximum Gasteiger partial charge on any atom is 0.0541 e. The number of fused-ring (bicyclic) bond motifs is 3. The second-order valence-corrected chi connectivity index (χ2v) is 14.2. The Balaban J connectivity index is 1.06. The molecular weight excluding hydrogens is 677 g/mol. The summed E-state index contributed by atoms with van der Waals surface area (Å²) in [5.41, 5.74) is 16.4. The summed E-state index contributed by atoms with van der Waals surface area (Å²) in [5.74, 6) is 0. The van der Waals surface area contributed by atoms with Crippen LogP contribution in [0.15, 0.2) is 231 Å². The monoisotopic (exact) mass is 714 g/mol. The van der Waals surface area contributed by atoms with Crippen molar-refractivity contribution in [1.82, 2.24) is 4.57 Å². The van der Waals surface area contributed by atoms with Gasteiger partial charge in [-0.2, -0.15) is 0 Å². The van der Waals surface area contributed by atoms with Gasteiger partial charge in [-0.25, -0.2) is 0 Å². The standard InChI is InChI=1S/C54H38N2/c1-3-15-39(16-4-1)43-19-13-20-44(37-43)41-29-33-46(34-30-41)55(48-22-14-21-45(38-48)40-17-5-2-6-18-40)47-35-31-42(32-36-47)49-23-7-10-26-52(49)56-53-27-11-8-24-50(53)51-25-9-12-28-54(51)56/h1-38H. The lowest BCUT2D eigenvalue weighted by Gasteiger charge is -2.26. The quantitative estimate of drug-likeness (QED) is 0.152. The number of para-hydroxylation sites is 3. The van der Waals surface area contributed by atoms with Crippen LogP contribution < -0.4 is 4.90 Å². The van der Waals surface area contributed by atoms with Crippen LogP contribution in [-0.2, 0) is 0 Å². The molecule has 1 heterocycles. The highest BCUT2D eigenvalue weighted by Crippen LogP contribution is 2.40. The van der Waals surface area contributed by atoms with E-state index < -0.39 is 0 Å². The van der Waals surface area contributed by atoms with Gasteiger partial charge in [0.15, 0.2) is 0 Å². The normalized spacial score (nSPS) is 11.2. The predicted molar refractivity (Wildman–Crippen MR) is 237 cm³/mol. The van der Waals surface area contributed by atoms with Gasteiger partial charge in [0.05, 0.1) is 16.7 Å². The van der Waals surface area contributed by atoms with Crippen molar-refractivity contribution in [2.24, 2.45) is 0 Å². The molecule has 0 spiro atoms. The molecule has 0 atom stereocenters. The molecule has 0 saturated heterocycles. The minimum atomic E-state index is 1.09. The molecule has 0 unspecified atom stereocenters. The van der Waals surface area contributed by atoms with Gasteiger partial charge in [0.1, 0.15) is 0 Å². The molecule has 264 valence electrons. The number of benzene rings is 9. The summed E-state index contributed by atoms with van der Waals surface area (Å²) < 4.78 is 2.41. The van der Waals surface area contributed by atoms with Gasteiger partial charge in [0.25, 0.3) is 0 Å². The summed E-state index contributed by atoms with van der Waals surface area (Å²) in [4.78, 5) is 2.36. The minimum Gasteiger partial charge on any atom is -0.310 e. The first-order valence-corrected chi connectivity index (χ1v) is 19.2. The smallest absolute Gasteiger partial charge is 0.0541 e. The van der Waals surface area contributed by atoms with Gasteiger partial charge in [0, 0.05) is 33.4 Å². The number of anilines is 3. The van der Waals surface area contributed by atoms with E-state index in [4.69, 9.17) is 0 Å². The molecule has 0 saturated carbocycles. The van der Waals surface area contributed by atoms with E-state index in [1.807, 2.05) is 0 Å². The number of nitrogens with zero attached hydrogens (tertiary/aromatic N) is 2. The zero-order valence-corrected chi connectivity index (χ0v) is 30.8. The third-order valence-electron chi connectivity index (χ3n) is 10.8. The van der Waals surface area contributed by atoms with Gasteiger partial charge in [-0.3, -0.25) is 0 Å². The lowest BCUT2D eigenvalue weighted by Crippen LogP contribution is -2.10. The van der Waals surface area contributed by atoms with Crippen molar-refractivity contribution in [3.8, 4) is 50.2 Å². The fourth-order valence-corrected chi connectivity index (χ4v) is 8.10. The molecule has 10 rings (SSSR count). The first-order chi connectivity index (χ1) is 27.8. The molecule has 0 aliphatic carbocycles. The highest BCUT2D eigenvalue weighted by atomic mass is 15.1. The van der Waals surface area contributed by atoms with E-state index in [0.717, 1.165) is 28.3 Å². The summed E-state index contributed by atoms with van der Waals surface area (Å²) in [7, 11) is 0.